The Balaban J connectivity index is 1.55. The molecule has 0 aromatic heterocycles. The Morgan fingerprint density at radius 2 is 2.00 bits per heavy atom. The molecule has 2 aromatic carbocycles. The summed E-state index contributed by atoms with van der Waals surface area (Å²) >= 11 is 5.82. The van der Waals surface area contributed by atoms with Crippen molar-refractivity contribution in [2.24, 2.45) is 5.92 Å². The molecule has 120 valence electrons. The number of aliphatic hydroxyl groups is 1. The first-order valence-corrected chi connectivity index (χ1v) is 7.93. The van der Waals surface area contributed by atoms with Crippen LogP contribution >= 0.6 is 11.6 Å². The fraction of sp³-hybridized carbons (Fsp3) is 0.278. The quantitative estimate of drug-likeness (QED) is 0.905. The summed E-state index contributed by atoms with van der Waals surface area (Å²) in [4.78, 5) is 12.3. The molecule has 0 saturated heterocycles. The first-order chi connectivity index (χ1) is 11.1. The molecule has 0 aliphatic carbocycles. The summed E-state index contributed by atoms with van der Waals surface area (Å²) < 4.78 is 5.62. The van der Waals surface area contributed by atoms with Crippen LogP contribution in [0.2, 0.25) is 5.02 Å². The number of benzene rings is 2. The van der Waals surface area contributed by atoms with Gasteiger partial charge in [-0.1, -0.05) is 41.9 Å². The number of amides is 1. The van der Waals surface area contributed by atoms with Crippen molar-refractivity contribution in [1.82, 2.24) is 5.32 Å². The molecule has 2 N–H and O–H groups in total. The van der Waals surface area contributed by atoms with Crippen molar-refractivity contribution in [2.45, 2.75) is 12.5 Å². The van der Waals surface area contributed by atoms with E-state index in [2.05, 4.69) is 5.32 Å². The number of halogens is 1. The SMILES string of the molecule is O=C(NCC(O)c1ccc(Cl)cc1)C1COc2ccccc2C1. The average molecular weight is 332 g/mol. The van der Waals surface area contributed by atoms with Crippen LogP contribution in [0.4, 0.5) is 0 Å². The maximum atomic E-state index is 12.3. The molecule has 0 radical (unpaired) electrons. The van der Waals surface area contributed by atoms with E-state index in [1.165, 1.54) is 0 Å². The number of carbonyl (C=O) groups excluding carboxylic acids is 1. The van der Waals surface area contributed by atoms with Gasteiger partial charge in [0.25, 0.3) is 0 Å². The summed E-state index contributed by atoms with van der Waals surface area (Å²) in [6, 6.07) is 14.7. The number of ether oxygens (including phenoxy) is 1. The lowest BCUT2D eigenvalue weighted by Crippen LogP contribution is -2.39. The van der Waals surface area contributed by atoms with Gasteiger partial charge in [-0.3, -0.25) is 4.79 Å². The van der Waals surface area contributed by atoms with E-state index in [9.17, 15) is 9.90 Å². The van der Waals surface area contributed by atoms with Crippen LogP contribution in [-0.2, 0) is 11.2 Å². The molecule has 3 rings (SSSR count). The summed E-state index contributed by atoms with van der Waals surface area (Å²) in [5.74, 6) is 0.507. The van der Waals surface area contributed by atoms with Crippen LogP contribution in [0.3, 0.4) is 0 Å². The van der Waals surface area contributed by atoms with Crippen LogP contribution in [0, 0.1) is 5.92 Å². The van der Waals surface area contributed by atoms with Crippen molar-refractivity contribution in [3.05, 3.63) is 64.7 Å². The highest BCUT2D eigenvalue weighted by Crippen LogP contribution is 2.26. The third-order valence-electron chi connectivity index (χ3n) is 3.97. The Hall–Kier alpha value is -2.04. The van der Waals surface area contributed by atoms with Gasteiger partial charge in [0, 0.05) is 11.6 Å². The molecule has 2 atom stereocenters. The number of hydrogen-bond donors (Lipinski definition) is 2. The predicted molar refractivity (Wildman–Crippen MR) is 88.6 cm³/mol. The molecular weight excluding hydrogens is 314 g/mol. The molecule has 0 bridgehead atoms. The number of hydrogen-bond acceptors (Lipinski definition) is 3. The zero-order valence-corrected chi connectivity index (χ0v) is 13.3. The summed E-state index contributed by atoms with van der Waals surface area (Å²) in [7, 11) is 0. The molecule has 1 aliphatic heterocycles. The van der Waals surface area contributed by atoms with Gasteiger partial charge in [-0.05, 0) is 35.7 Å². The maximum absolute atomic E-state index is 12.3. The fourth-order valence-corrected chi connectivity index (χ4v) is 2.77. The van der Waals surface area contributed by atoms with Gasteiger partial charge >= 0.3 is 0 Å². The molecule has 2 aromatic rings. The van der Waals surface area contributed by atoms with E-state index in [0.29, 0.717) is 18.1 Å². The van der Waals surface area contributed by atoms with E-state index >= 15 is 0 Å². The number of nitrogens with one attached hydrogen (secondary N) is 1. The van der Waals surface area contributed by atoms with Crippen molar-refractivity contribution in [3.8, 4) is 5.75 Å². The third kappa shape index (κ3) is 3.84. The number of carbonyl (C=O) groups is 1. The Bertz CT molecular complexity index is 687. The van der Waals surface area contributed by atoms with Crippen LogP contribution < -0.4 is 10.1 Å². The van der Waals surface area contributed by atoms with Crippen molar-refractivity contribution in [1.29, 1.82) is 0 Å². The van der Waals surface area contributed by atoms with E-state index < -0.39 is 6.10 Å². The lowest BCUT2D eigenvalue weighted by atomic mass is 9.96. The zero-order chi connectivity index (χ0) is 16.2. The van der Waals surface area contributed by atoms with Gasteiger partial charge in [0.2, 0.25) is 5.91 Å². The maximum Gasteiger partial charge on any atom is 0.226 e. The van der Waals surface area contributed by atoms with Crippen molar-refractivity contribution >= 4 is 17.5 Å². The largest absolute Gasteiger partial charge is 0.492 e. The van der Waals surface area contributed by atoms with Gasteiger partial charge in [0.05, 0.1) is 12.0 Å². The standard InChI is InChI=1S/C18H18ClNO3/c19-15-7-5-12(6-8-15)16(21)10-20-18(22)14-9-13-3-1-2-4-17(13)23-11-14/h1-8,14,16,21H,9-11H2,(H,20,22). The first-order valence-electron chi connectivity index (χ1n) is 7.55. The Kier molecular flexibility index (Phi) is 4.84. The van der Waals surface area contributed by atoms with Gasteiger partial charge in [0.15, 0.2) is 0 Å². The van der Waals surface area contributed by atoms with Crippen molar-refractivity contribution in [3.63, 3.8) is 0 Å². The lowest BCUT2D eigenvalue weighted by Gasteiger charge is -2.25. The summed E-state index contributed by atoms with van der Waals surface area (Å²) in [5, 5.41) is 13.5. The highest BCUT2D eigenvalue weighted by atomic mass is 35.5. The van der Waals surface area contributed by atoms with Gasteiger partial charge in [-0.15, -0.1) is 0 Å². The number of aliphatic hydroxyl groups excluding tert-OH is 1. The molecule has 1 aliphatic rings. The molecule has 0 spiro atoms. The highest BCUT2D eigenvalue weighted by molar-refractivity contribution is 6.30. The summed E-state index contributed by atoms with van der Waals surface area (Å²) in [6.07, 6.45) is -0.105. The second-order valence-electron chi connectivity index (χ2n) is 5.63. The molecule has 1 heterocycles. The van der Waals surface area contributed by atoms with Gasteiger partial charge < -0.3 is 15.2 Å². The molecular formula is C18H18ClNO3. The van der Waals surface area contributed by atoms with Crippen molar-refractivity contribution in [2.75, 3.05) is 13.2 Å². The molecule has 1 amide bonds. The average Bonchev–Trinajstić information content (AvgIpc) is 2.59. The van der Waals surface area contributed by atoms with Crippen LogP contribution in [0.5, 0.6) is 5.75 Å². The van der Waals surface area contributed by atoms with E-state index in [1.54, 1.807) is 24.3 Å². The van der Waals surface area contributed by atoms with E-state index in [1.807, 2.05) is 24.3 Å². The normalized spacial score (nSPS) is 17.7. The van der Waals surface area contributed by atoms with E-state index in [4.69, 9.17) is 16.3 Å². The number of fused-ring (bicyclic) bond motifs is 1. The number of rotatable bonds is 4. The summed E-state index contributed by atoms with van der Waals surface area (Å²) in [5.41, 5.74) is 1.76. The third-order valence-corrected chi connectivity index (χ3v) is 4.23. The second-order valence-corrected chi connectivity index (χ2v) is 6.07. The van der Waals surface area contributed by atoms with Gasteiger partial charge in [-0.2, -0.15) is 0 Å². The van der Waals surface area contributed by atoms with Crippen molar-refractivity contribution < 1.29 is 14.6 Å². The van der Waals surface area contributed by atoms with Crippen LogP contribution in [0.15, 0.2) is 48.5 Å². The van der Waals surface area contributed by atoms with Crippen LogP contribution in [0.25, 0.3) is 0 Å². The predicted octanol–water partition coefficient (Wildman–Crippen LogP) is 2.74. The van der Waals surface area contributed by atoms with Gasteiger partial charge in [-0.25, -0.2) is 0 Å². The summed E-state index contributed by atoms with van der Waals surface area (Å²) in [6.45, 7) is 0.526. The minimum Gasteiger partial charge on any atom is -0.492 e. The first kappa shape index (κ1) is 15.8. The fourth-order valence-electron chi connectivity index (χ4n) is 2.64. The molecule has 23 heavy (non-hydrogen) atoms. The van der Waals surface area contributed by atoms with Crippen LogP contribution in [0.1, 0.15) is 17.2 Å². The number of para-hydroxylation sites is 1. The van der Waals surface area contributed by atoms with E-state index in [-0.39, 0.29) is 18.4 Å². The molecule has 0 fully saturated rings. The molecule has 4 nitrogen and oxygen atoms in total. The smallest absolute Gasteiger partial charge is 0.226 e. The molecule has 5 heteroatoms. The van der Waals surface area contributed by atoms with E-state index in [0.717, 1.165) is 16.9 Å². The Morgan fingerprint density at radius 1 is 1.26 bits per heavy atom. The van der Waals surface area contributed by atoms with Crippen LogP contribution in [-0.4, -0.2) is 24.2 Å². The monoisotopic (exact) mass is 331 g/mol. The molecule has 2 unspecified atom stereocenters. The topological polar surface area (TPSA) is 58.6 Å². The lowest BCUT2D eigenvalue weighted by molar-refractivity contribution is -0.126. The minimum absolute atomic E-state index is 0.104. The Labute approximate surface area is 140 Å². The highest BCUT2D eigenvalue weighted by Gasteiger charge is 2.26. The minimum atomic E-state index is -0.756. The molecule has 0 saturated carbocycles. The Morgan fingerprint density at radius 3 is 2.78 bits per heavy atom. The van der Waals surface area contributed by atoms with Gasteiger partial charge in [0.1, 0.15) is 12.4 Å². The zero-order valence-electron chi connectivity index (χ0n) is 12.5. The second kappa shape index (κ2) is 7.02.